The third kappa shape index (κ3) is 1.26. The zero-order chi connectivity index (χ0) is 5.98. The molecule has 0 aromatic rings. The van der Waals surface area contributed by atoms with Crippen molar-refractivity contribution in [2.24, 2.45) is 0 Å². The molecule has 0 amide bonds. The van der Waals surface area contributed by atoms with E-state index in [2.05, 4.69) is 21.2 Å². The summed E-state index contributed by atoms with van der Waals surface area (Å²) in [7, 11) is 0. The van der Waals surface area contributed by atoms with Crippen LogP contribution in [0.1, 0.15) is 0 Å². The average molecular weight is 194 g/mol. The van der Waals surface area contributed by atoms with E-state index in [1.807, 2.05) is 6.08 Å². The molecule has 1 N–H and O–H groups in total. The van der Waals surface area contributed by atoms with Crippen molar-refractivity contribution in [3.8, 4) is 0 Å². The highest BCUT2D eigenvalue weighted by Gasteiger charge is 1.99. The van der Waals surface area contributed by atoms with Crippen molar-refractivity contribution in [3.63, 3.8) is 0 Å². The van der Waals surface area contributed by atoms with Crippen LogP contribution in [-0.2, 0) is 0 Å². The molecule has 0 aromatic carbocycles. The number of allylic oxidation sites excluding steroid dienone is 2. The lowest BCUT2D eigenvalue weighted by molar-refractivity contribution is 0.966. The van der Waals surface area contributed by atoms with Gasteiger partial charge < -0.3 is 5.32 Å². The lowest BCUT2D eigenvalue weighted by atomic mass is 10.4. The van der Waals surface area contributed by atoms with Gasteiger partial charge in [0.1, 0.15) is 0 Å². The SMILES string of the molecule is ClC1=CNCC=C1Br. The molecule has 1 nitrogen and oxygen atoms in total. The second-order valence-electron chi connectivity index (χ2n) is 1.45. The molecule has 0 spiro atoms. The van der Waals surface area contributed by atoms with Gasteiger partial charge in [0.2, 0.25) is 0 Å². The second-order valence-corrected chi connectivity index (χ2v) is 2.71. The van der Waals surface area contributed by atoms with Crippen molar-refractivity contribution in [2.45, 2.75) is 0 Å². The molecule has 0 unspecified atom stereocenters. The minimum Gasteiger partial charge on any atom is -0.386 e. The highest BCUT2D eigenvalue weighted by molar-refractivity contribution is 9.12. The number of dihydropyridines is 1. The Bertz CT molecular complexity index is 133. The Kier molecular flexibility index (Phi) is 1.97. The Labute approximate surface area is 61.5 Å². The van der Waals surface area contributed by atoms with Gasteiger partial charge in [-0.2, -0.15) is 0 Å². The van der Waals surface area contributed by atoms with Gasteiger partial charge in [-0.25, -0.2) is 0 Å². The summed E-state index contributed by atoms with van der Waals surface area (Å²) in [6.07, 6.45) is 3.74. The number of hydrogen-bond donors (Lipinski definition) is 1. The summed E-state index contributed by atoms with van der Waals surface area (Å²) in [5.41, 5.74) is 0. The van der Waals surface area contributed by atoms with Crippen LogP contribution in [0.25, 0.3) is 0 Å². The largest absolute Gasteiger partial charge is 0.386 e. The van der Waals surface area contributed by atoms with Gasteiger partial charge in [0.15, 0.2) is 0 Å². The highest BCUT2D eigenvalue weighted by atomic mass is 79.9. The molecule has 1 aliphatic heterocycles. The molecule has 1 rings (SSSR count). The summed E-state index contributed by atoms with van der Waals surface area (Å²) in [5.74, 6) is 0. The van der Waals surface area contributed by atoms with E-state index in [0.29, 0.717) is 0 Å². The van der Waals surface area contributed by atoms with Crippen molar-refractivity contribution in [2.75, 3.05) is 6.54 Å². The van der Waals surface area contributed by atoms with Crippen LogP contribution in [-0.4, -0.2) is 6.54 Å². The summed E-state index contributed by atoms with van der Waals surface area (Å²) in [4.78, 5) is 0. The quantitative estimate of drug-likeness (QED) is 0.621. The second kappa shape index (κ2) is 2.55. The molecule has 0 atom stereocenters. The molecule has 8 heavy (non-hydrogen) atoms. The Morgan fingerprint density at radius 2 is 2.50 bits per heavy atom. The molecule has 0 radical (unpaired) electrons. The molecule has 0 bridgehead atoms. The fraction of sp³-hybridized carbons (Fsp3) is 0.200. The summed E-state index contributed by atoms with van der Waals surface area (Å²) < 4.78 is 0.970. The Morgan fingerprint density at radius 1 is 1.75 bits per heavy atom. The Balaban J connectivity index is 2.73. The van der Waals surface area contributed by atoms with Gasteiger partial charge in [-0.05, 0) is 22.0 Å². The Hall–Kier alpha value is 0.0500. The summed E-state index contributed by atoms with van der Waals surface area (Å²) in [5, 5.41) is 3.70. The van der Waals surface area contributed by atoms with Crippen LogP contribution in [0, 0.1) is 0 Å². The minimum absolute atomic E-state index is 0.733. The standard InChI is InChI=1S/C5H5BrClN/c6-4-1-2-8-3-5(4)7/h1,3,8H,2H2. The summed E-state index contributed by atoms with van der Waals surface area (Å²) in [6.45, 7) is 0.858. The Morgan fingerprint density at radius 3 is 2.88 bits per heavy atom. The topological polar surface area (TPSA) is 12.0 Å². The van der Waals surface area contributed by atoms with E-state index in [4.69, 9.17) is 11.6 Å². The third-order valence-corrected chi connectivity index (χ3v) is 2.15. The van der Waals surface area contributed by atoms with E-state index in [9.17, 15) is 0 Å². The van der Waals surface area contributed by atoms with Gasteiger partial charge in [0, 0.05) is 17.2 Å². The van der Waals surface area contributed by atoms with E-state index < -0.39 is 0 Å². The molecule has 0 saturated heterocycles. The third-order valence-electron chi connectivity index (χ3n) is 0.856. The van der Waals surface area contributed by atoms with Gasteiger partial charge in [0.25, 0.3) is 0 Å². The van der Waals surface area contributed by atoms with E-state index in [1.54, 1.807) is 6.20 Å². The monoisotopic (exact) mass is 193 g/mol. The lowest BCUT2D eigenvalue weighted by Crippen LogP contribution is -2.08. The van der Waals surface area contributed by atoms with E-state index in [-0.39, 0.29) is 0 Å². The molecule has 3 heteroatoms. The number of hydrogen-bond acceptors (Lipinski definition) is 1. The van der Waals surface area contributed by atoms with Gasteiger partial charge in [-0.15, -0.1) is 0 Å². The predicted molar refractivity (Wildman–Crippen MR) is 38.9 cm³/mol. The van der Waals surface area contributed by atoms with Gasteiger partial charge in [0.05, 0.1) is 5.03 Å². The van der Waals surface area contributed by atoms with E-state index >= 15 is 0 Å². The maximum atomic E-state index is 5.65. The molecule has 0 aromatic heterocycles. The first-order valence-electron chi connectivity index (χ1n) is 2.26. The smallest absolute Gasteiger partial charge is 0.0702 e. The molecule has 0 fully saturated rings. The molecular weight excluding hydrogens is 189 g/mol. The average Bonchev–Trinajstić information content (AvgIpc) is 1.77. The van der Waals surface area contributed by atoms with Crippen LogP contribution in [0.15, 0.2) is 21.8 Å². The molecule has 0 saturated carbocycles. The van der Waals surface area contributed by atoms with Crippen molar-refractivity contribution in [1.29, 1.82) is 0 Å². The minimum atomic E-state index is 0.733. The summed E-state index contributed by atoms with van der Waals surface area (Å²) >= 11 is 8.93. The van der Waals surface area contributed by atoms with Crippen molar-refractivity contribution in [1.82, 2.24) is 5.32 Å². The summed E-state index contributed by atoms with van der Waals surface area (Å²) in [6, 6.07) is 0. The molecule has 1 aliphatic rings. The fourth-order valence-electron chi connectivity index (χ4n) is 0.464. The first-order valence-corrected chi connectivity index (χ1v) is 3.43. The highest BCUT2D eigenvalue weighted by Crippen LogP contribution is 2.21. The molecule has 1 heterocycles. The van der Waals surface area contributed by atoms with E-state index in [1.165, 1.54) is 0 Å². The van der Waals surface area contributed by atoms with Crippen molar-refractivity contribution in [3.05, 3.63) is 21.8 Å². The van der Waals surface area contributed by atoms with Crippen molar-refractivity contribution < 1.29 is 0 Å². The van der Waals surface area contributed by atoms with Crippen LogP contribution >= 0.6 is 27.5 Å². The van der Waals surface area contributed by atoms with E-state index in [0.717, 1.165) is 16.1 Å². The zero-order valence-corrected chi connectivity index (χ0v) is 6.46. The predicted octanol–water partition coefficient (Wildman–Crippen LogP) is 1.95. The van der Waals surface area contributed by atoms with Gasteiger partial charge >= 0.3 is 0 Å². The van der Waals surface area contributed by atoms with Crippen LogP contribution < -0.4 is 5.32 Å². The van der Waals surface area contributed by atoms with Crippen LogP contribution in [0.3, 0.4) is 0 Å². The molecule has 0 aliphatic carbocycles. The molecule has 44 valence electrons. The maximum absolute atomic E-state index is 5.65. The van der Waals surface area contributed by atoms with Gasteiger partial charge in [-0.1, -0.05) is 11.6 Å². The van der Waals surface area contributed by atoms with Crippen LogP contribution in [0.2, 0.25) is 0 Å². The zero-order valence-electron chi connectivity index (χ0n) is 4.12. The fourth-order valence-corrected chi connectivity index (χ4v) is 0.894. The van der Waals surface area contributed by atoms with Gasteiger partial charge in [-0.3, -0.25) is 0 Å². The van der Waals surface area contributed by atoms with Crippen LogP contribution in [0.4, 0.5) is 0 Å². The normalized spacial score (nSPS) is 18.8. The van der Waals surface area contributed by atoms with Crippen molar-refractivity contribution >= 4 is 27.5 Å². The first kappa shape index (κ1) is 6.17. The number of nitrogens with one attached hydrogen (secondary N) is 1. The number of halogens is 2. The number of rotatable bonds is 0. The van der Waals surface area contributed by atoms with Crippen LogP contribution in [0.5, 0.6) is 0 Å². The lowest BCUT2D eigenvalue weighted by Gasteiger charge is -2.04. The molecular formula is C5H5BrClN. The maximum Gasteiger partial charge on any atom is 0.0702 e. The first-order chi connectivity index (χ1) is 3.80.